The number of nitrogens with two attached hydrogens (primary N) is 1. The van der Waals surface area contributed by atoms with E-state index in [9.17, 15) is 4.79 Å². The average molecular weight is 232 g/mol. The van der Waals surface area contributed by atoms with Crippen LogP contribution in [0.5, 0.6) is 0 Å². The van der Waals surface area contributed by atoms with Gasteiger partial charge in [-0.25, -0.2) is 0 Å². The summed E-state index contributed by atoms with van der Waals surface area (Å²) in [6, 6.07) is 6.52. The van der Waals surface area contributed by atoms with Crippen LogP contribution in [0.15, 0.2) is 18.2 Å². The van der Waals surface area contributed by atoms with Crippen molar-refractivity contribution in [2.24, 2.45) is 11.7 Å². The minimum Gasteiger partial charge on any atom is -0.371 e. The molecule has 1 aromatic carbocycles. The maximum atomic E-state index is 11.3. The van der Waals surface area contributed by atoms with Gasteiger partial charge in [0, 0.05) is 18.8 Å². The van der Waals surface area contributed by atoms with Gasteiger partial charge in [-0.1, -0.05) is 6.07 Å². The number of anilines is 1. The van der Waals surface area contributed by atoms with Crippen LogP contribution < -0.4 is 10.6 Å². The first-order valence-corrected chi connectivity index (χ1v) is 6.19. The lowest BCUT2D eigenvalue weighted by Gasteiger charge is -2.33. The molecule has 1 atom stereocenters. The van der Waals surface area contributed by atoms with E-state index in [4.69, 9.17) is 5.73 Å². The second-order valence-corrected chi connectivity index (χ2v) is 5.03. The minimum absolute atomic E-state index is 0.00423. The molecule has 0 aliphatic carbocycles. The highest BCUT2D eigenvalue weighted by Crippen LogP contribution is 2.24. The highest BCUT2D eigenvalue weighted by molar-refractivity contribution is 5.77. The molecule has 1 aromatic rings. The molecular formula is C14H20N2O. The molecule has 1 fully saturated rings. The SMILES string of the molecule is Cc1cc(C)cc(N2CCCC(C(N)=O)C2)c1. The molecule has 0 spiro atoms. The summed E-state index contributed by atoms with van der Waals surface area (Å²) in [6.07, 6.45) is 1.97. The van der Waals surface area contributed by atoms with Crippen LogP contribution in [-0.4, -0.2) is 19.0 Å². The van der Waals surface area contributed by atoms with Crippen molar-refractivity contribution in [2.75, 3.05) is 18.0 Å². The number of hydrogen-bond acceptors (Lipinski definition) is 2. The third kappa shape index (κ3) is 2.78. The summed E-state index contributed by atoms with van der Waals surface area (Å²) < 4.78 is 0. The van der Waals surface area contributed by atoms with Crippen LogP contribution in [0.3, 0.4) is 0 Å². The fraction of sp³-hybridized carbons (Fsp3) is 0.500. The first kappa shape index (κ1) is 12.0. The number of benzene rings is 1. The van der Waals surface area contributed by atoms with E-state index in [0.717, 1.165) is 25.9 Å². The maximum Gasteiger partial charge on any atom is 0.222 e. The number of aryl methyl sites for hydroxylation is 2. The molecular weight excluding hydrogens is 212 g/mol. The Kier molecular flexibility index (Phi) is 3.36. The summed E-state index contributed by atoms with van der Waals surface area (Å²) in [7, 11) is 0. The van der Waals surface area contributed by atoms with Crippen molar-refractivity contribution in [2.45, 2.75) is 26.7 Å². The number of nitrogens with zero attached hydrogens (tertiary/aromatic N) is 1. The van der Waals surface area contributed by atoms with Gasteiger partial charge in [0.1, 0.15) is 0 Å². The molecule has 92 valence electrons. The van der Waals surface area contributed by atoms with E-state index in [1.54, 1.807) is 0 Å². The summed E-state index contributed by atoms with van der Waals surface area (Å²) >= 11 is 0. The molecule has 1 saturated heterocycles. The fourth-order valence-electron chi connectivity index (χ4n) is 2.58. The monoisotopic (exact) mass is 232 g/mol. The van der Waals surface area contributed by atoms with Crippen molar-refractivity contribution in [3.63, 3.8) is 0 Å². The molecule has 1 aliphatic heterocycles. The van der Waals surface area contributed by atoms with Gasteiger partial charge in [-0.3, -0.25) is 4.79 Å². The van der Waals surface area contributed by atoms with Gasteiger partial charge >= 0.3 is 0 Å². The van der Waals surface area contributed by atoms with E-state index < -0.39 is 0 Å². The van der Waals surface area contributed by atoms with Gasteiger partial charge in [-0.15, -0.1) is 0 Å². The average Bonchev–Trinajstić information content (AvgIpc) is 2.28. The molecule has 0 bridgehead atoms. The number of primary amides is 1. The van der Waals surface area contributed by atoms with Gasteiger partial charge in [0.25, 0.3) is 0 Å². The van der Waals surface area contributed by atoms with Gasteiger partial charge in [-0.2, -0.15) is 0 Å². The smallest absolute Gasteiger partial charge is 0.222 e. The number of rotatable bonds is 2. The molecule has 1 heterocycles. The molecule has 1 aliphatic rings. The number of piperidine rings is 1. The second-order valence-electron chi connectivity index (χ2n) is 5.03. The number of carbonyl (C=O) groups is 1. The zero-order valence-corrected chi connectivity index (χ0v) is 10.6. The second kappa shape index (κ2) is 4.78. The molecule has 0 radical (unpaired) electrons. The van der Waals surface area contributed by atoms with Crippen molar-refractivity contribution in [1.29, 1.82) is 0 Å². The molecule has 2 rings (SSSR count). The molecule has 3 heteroatoms. The Hall–Kier alpha value is -1.51. The van der Waals surface area contributed by atoms with Crippen molar-refractivity contribution in [1.82, 2.24) is 0 Å². The molecule has 3 nitrogen and oxygen atoms in total. The number of amides is 1. The van der Waals surface area contributed by atoms with Crippen molar-refractivity contribution in [3.05, 3.63) is 29.3 Å². The van der Waals surface area contributed by atoms with Crippen LogP contribution in [0, 0.1) is 19.8 Å². The highest BCUT2D eigenvalue weighted by atomic mass is 16.1. The normalized spacial score (nSPS) is 20.4. The summed E-state index contributed by atoms with van der Waals surface area (Å²) in [4.78, 5) is 13.5. The molecule has 17 heavy (non-hydrogen) atoms. The van der Waals surface area contributed by atoms with Crippen LogP contribution in [0.25, 0.3) is 0 Å². The van der Waals surface area contributed by atoms with Gasteiger partial charge in [0.15, 0.2) is 0 Å². The van der Waals surface area contributed by atoms with Crippen LogP contribution in [-0.2, 0) is 4.79 Å². The first-order valence-electron chi connectivity index (χ1n) is 6.19. The lowest BCUT2D eigenvalue weighted by atomic mass is 9.96. The van der Waals surface area contributed by atoms with Crippen molar-refractivity contribution in [3.8, 4) is 0 Å². The van der Waals surface area contributed by atoms with Gasteiger partial charge in [0.05, 0.1) is 5.92 Å². The summed E-state index contributed by atoms with van der Waals surface area (Å²) in [6.45, 7) is 5.99. The van der Waals surface area contributed by atoms with Crippen LogP contribution in [0.4, 0.5) is 5.69 Å². The number of hydrogen-bond donors (Lipinski definition) is 1. The first-order chi connectivity index (χ1) is 8.06. The lowest BCUT2D eigenvalue weighted by molar-refractivity contribution is -0.122. The largest absolute Gasteiger partial charge is 0.371 e. The van der Waals surface area contributed by atoms with Crippen LogP contribution >= 0.6 is 0 Å². The minimum atomic E-state index is -0.168. The van der Waals surface area contributed by atoms with Gasteiger partial charge in [0.2, 0.25) is 5.91 Å². The molecule has 0 saturated carbocycles. The van der Waals surface area contributed by atoms with E-state index >= 15 is 0 Å². The third-order valence-corrected chi connectivity index (χ3v) is 3.40. The predicted octanol–water partition coefficient (Wildman–Crippen LogP) is 2.01. The zero-order valence-electron chi connectivity index (χ0n) is 10.6. The zero-order chi connectivity index (χ0) is 12.4. The Labute approximate surface area is 103 Å². The summed E-state index contributed by atoms with van der Waals surface area (Å²) in [5.74, 6) is -0.163. The summed E-state index contributed by atoms with van der Waals surface area (Å²) in [5, 5.41) is 0. The standard InChI is InChI=1S/C14H20N2O/c1-10-6-11(2)8-13(7-10)16-5-3-4-12(9-16)14(15)17/h6-8,12H,3-5,9H2,1-2H3,(H2,15,17). The lowest BCUT2D eigenvalue weighted by Crippen LogP contribution is -2.41. The van der Waals surface area contributed by atoms with E-state index in [0.29, 0.717) is 0 Å². The van der Waals surface area contributed by atoms with E-state index in [-0.39, 0.29) is 11.8 Å². The quantitative estimate of drug-likeness (QED) is 0.847. The molecule has 2 N–H and O–H groups in total. The highest BCUT2D eigenvalue weighted by Gasteiger charge is 2.24. The maximum absolute atomic E-state index is 11.3. The number of carbonyl (C=O) groups excluding carboxylic acids is 1. The molecule has 1 amide bonds. The summed E-state index contributed by atoms with van der Waals surface area (Å²) in [5.41, 5.74) is 9.15. The fourth-order valence-corrected chi connectivity index (χ4v) is 2.58. The van der Waals surface area contributed by atoms with E-state index in [1.807, 2.05) is 0 Å². The van der Waals surface area contributed by atoms with E-state index in [1.165, 1.54) is 16.8 Å². The Morgan fingerprint density at radius 2 is 1.94 bits per heavy atom. The molecule has 1 unspecified atom stereocenters. The Morgan fingerprint density at radius 3 is 2.53 bits per heavy atom. The van der Waals surface area contributed by atoms with Crippen molar-refractivity contribution >= 4 is 11.6 Å². The van der Waals surface area contributed by atoms with E-state index in [2.05, 4.69) is 36.9 Å². The molecule has 0 aromatic heterocycles. The Bertz CT molecular complexity index is 408. The van der Waals surface area contributed by atoms with Gasteiger partial charge < -0.3 is 10.6 Å². The predicted molar refractivity (Wildman–Crippen MR) is 70.0 cm³/mol. The van der Waals surface area contributed by atoms with Crippen molar-refractivity contribution < 1.29 is 4.79 Å². The van der Waals surface area contributed by atoms with Gasteiger partial charge in [-0.05, 0) is 49.9 Å². The van der Waals surface area contributed by atoms with Crippen LogP contribution in [0.2, 0.25) is 0 Å². The topological polar surface area (TPSA) is 46.3 Å². The Balaban J connectivity index is 2.18. The van der Waals surface area contributed by atoms with Crippen LogP contribution in [0.1, 0.15) is 24.0 Å². The Morgan fingerprint density at radius 1 is 1.29 bits per heavy atom. The third-order valence-electron chi connectivity index (χ3n) is 3.40.